The van der Waals surface area contributed by atoms with E-state index in [1.807, 2.05) is 6.07 Å². The van der Waals surface area contributed by atoms with Crippen LogP contribution < -0.4 is 15.4 Å². The number of nitrogens with one attached hydrogen (secondary N) is 2. The average Bonchev–Trinajstić information content (AvgIpc) is 3.42. The first kappa shape index (κ1) is 20.9. The summed E-state index contributed by atoms with van der Waals surface area (Å²) in [5, 5.41) is 6.73. The van der Waals surface area contributed by atoms with Gasteiger partial charge in [-0.2, -0.15) is 0 Å². The predicted octanol–water partition coefficient (Wildman–Crippen LogP) is 3.26. The van der Waals surface area contributed by atoms with Crippen LogP contribution in [-0.2, 0) is 16.0 Å². The molecule has 1 atom stereocenters. The van der Waals surface area contributed by atoms with Crippen LogP contribution in [0, 0.1) is 0 Å². The average molecular weight is 390 g/mol. The Hall–Kier alpha value is -1.79. The lowest BCUT2D eigenvalue weighted by Gasteiger charge is -2.18. The smallest absolute Gasteiger partial charge is 0.191 e. The molecule has 1 aromatic rings. The highest BCUT2D eigenvalue weighted by molar-refractivity contribution is 5.79. The highest BCUT2D eigenvalue weighted by Gasteiger charge is 2.18. The van der Waals surface area contributed by atoms with Gasteiger partial charge in [0.15, 0.2) is 5.96 Å². The monoisotopic (exact) mass is 389 g/mol. The summed E-state index contributed by atoms with van der Waals surface area (Å²) in [5.41, 5.74) is 1.16. The molecule has 2 N–H and O–H groups in total. The number of hydrogen-bond acceptors (Lipinski definition) is 4. The van der Waals surface area contributed by atoms with E-state index in [2.05, 4.69) is 33.8 Å². The lowest BCUT2D eigenvalue weighted by Crippen LogP contribution is -2.37. The van der Waals surface area contributed by atoms with E-state index in [1.165, 1.54) is 25.7 Å². The maximum Gasteiger partial charge on any atom is 0.191 e. The van der Waals surface area contributed by atoms with Gasteiger partial charge in [0.05, 0.1) is 18.8 Å². The summed E-state index contributed by atoms with van der Waals surface area (Å²) in [4.78, 5) is 4.31. The SMILES string of the molecule is CN=C(NCCCOCC1CCCO1)NCc1ccccc1OC1CCCC1. The van der Waals surface area contributed by atoms with Gasteiger partial charge in [0.2, 0.25) is 0 Å². The van der Waals surface area contributed by atoms with Crippen LogP contribution in [0.15, 0.2) is 29.3 Å². The molecule has 1 unspecified atom stereocenters. The van der Waals surface area contributed by atoms with E-state index in [9.17, 15) is 0 Å². The quantitative estimate of drug-likeness (QED) is 0.365. The first-order chi connectivity index (χ1) is 13.8. The van der Waals surface area contributed by atoms with Crippen LogP contribution >= 0.6 is 0 Å². The fourth-order valence-corrected chi connectivity index (χ4v) is 3.72. The molecule has 0 aromatic heterocycles. The van der Waals surface area contributed by atoms with Crippen molar-refractivity contribution in [2.75, 3.05) is 33.4 Å². The summed E-state index contributed by atoms with van der Waals surface area (Å²) in [7, 11) is 1.80. The standard InChI is InChI=1S/C22H35N3O3/c1-23-22(24-13-7-14-26-17-20-11-6-15-27-20)25-16-18-8-2-5-12-21(18)28-19-9-3-4-10-19/h2,5,8,12,19-20H,3-4,6-7,9-11,13-17H2,1H3,(H2,23,24,25). The molecule has 0 bridgehead atoms. The molecule has 3 rings (SSSR count). The minimum atomic E-state index is 0.300. The van der Waals surface area contributed by atoms with Crippen LogP contribution in [0.1, 0.15) is 50.5 Å². The van der Waals surface area contributed by atoms with Crippen molar-refractivity contribution < 1.29 is 14.2 Å². The van der Waals surface area contributed by atoms with Gasteiger partial charge in [-0.05, 0) is 51.0 Å². The summed E-state index contributed by atoms with van der Waals surface area (Å²) in [5.74, 6) is 1.79. The second-order valence-electron chi connectivity index (χ2n) is 7.55. The highest BCUT2D eigenvalue weighted by Crippen LogP contribution is 2.26. The fraction of sp³-hybridized carbons (Fsp3) is 0.682. The molecule has 2 aliphatic rings. The van der Waals surface area contributed by atoms with Crippen molar-refractivity contribution in [3.8, 4) is 5.75 Å². The molecule has 0 radical (unpaired) electrons. The molecule has 1 aliphatic heterocycles. The number of rotatable bonds is 10. The molecule has 6 heteroatoms. The molecule has 1 aliphatic carbocycles. The minimum absolute atomic E-state index is 0.300. The Bertz CT molecular complexity index is 596. The number of benzene rings is 1. The van der Waals surface area contributed by atoms with Gasteiger partial charge in [-0.3, -0.25) is 4.99 Å². The maximum atomic E-state index is 6.21. The molecule has 2 fully saturated rings. The van der Waals surface area contributed by atoms with Crippen molar-refractivity contribution in [2.24, 2.45) is 4.99 Å². The third-order valence-electron chi connectivity index (χ3n) is 5.32. The number of ether oxygens (including phenoxy) is 3. The summed E-state index contributed by atoms with van der Waals surface area (Å²) < 4.78 is 17.5. The van der Waals surface area contributed by atoms with Gasteiger partial charge >= 0.3 is 0 Å². The molecule has 0 spiro atoms. The van der Waals surface area contributed by atoms with Crippen molar-refractivity contribution in [1.29, 1.82) is 0 Å². The third-order valence-corrected chi connectivity index (χ3v) is 5.32. The molecule has 1 saturated carbocycles. The highest BCUT2D eigenvalue weighted by atomic mass is 16.5. The number of hydrogen-bond donors (Lipinski definition) is 2. The van der Waals surface area contributed by atoms with Crippen LogP contribution in [0.25, 0.3) is 0 Å². The predicted molar refractivity (Wildman–Crippen MR) is 112 cm³/mol. The molecule has 1 saturated heterocycles. The van der Waals surface area contributed by atoms with Crippen LogP contribution in [0.5, 0.6) is 5.75 Å². The Morgan fingerprint density at radius 2 is 2.00 bits per heavy atom. The van der Waals surface area contributed by atoms with E-state index in [1.54, 1.807) is 7.05 Å². The Morgan fingerprint density at radius 3 is 2.79 bits per heavy atom. The van der Waals surface area contributed by atoms with Crippen molar-refractivity contribution in [1.82, 2.24) is 10.6 Å². The third kappa shape index (κ3) is 6.99. The summed E-state index contributed by atoms with van der Waals surface area (Å²) in [6.45, 7) is 3.85. The van der Waals surface area contributed by atoms with Gasteiger partial charge in [0, 0.05) is 38.9 Å². The van der Waals surface area contributed by atoms with Crippen molar-refractivity contribution in [2.45, 2.75) is 63.7 Å². The van der Waals surface area contributed by atoms with Gasteiger partial charge in [-0.25, -0.2) is 0 Å². The van der Waals surface area contributed by atoms with Crippen molar-refractivity contribution >= 4 is 5.96 Å². The summed E-state index contributed by atoms with van der Waals surface area (Å²) in [6, 6.07) is 8.28. The lowest BCUT2D eigenvalue weighted by atomic mass is 10.2. The molecule has 1 heterocycles. The van der Waals surface area contributed by atoms with Gasteiger partial charge in [0.25, 0.3) is 0 Å². The molecule has 28 heavy (non-hydrogen) atoms. The minimum Gasteiger partial charge on any atom is -0.490 e. The normalized spacial score (nSPS) is 20.5. The van der Waals surface area contributed by atoms with Crippen LogP contribution in [0.2, 0.25) is 0 Å². The zero-order valence-electron chi connectivity index (χ0n) is 17.1. The Kier molecular flexibility index (Phi) is 8.91. The Morgan fingerprint density at radius 1 is 1.14 bits per heavy atom. The zero-order valence-corrected chi connectivity index (χ0v) is 17.1. The van der Waals surface area contributed by atoms with Crippen LogP contribution in [0.4, 0.5) is 0 Å². The Balaban J connectivity index is 1.33. The summed E-state index contributed by atoms with van der Waals surface area (Å²) >= 11 is 0. The molecular weight excluding hydrogens is 354 g/mol. The van der Waals surface area contributed by atoms with E-state index in [0.717, 1.165) is 56.3 Å². The topological polar surface area (TPSA) is 64.1 Å². The van der Waals surface area contributed by atoms with E-state index in [0.29, 0.717) is 25.4 Å². The Labute approximate surface area is 169 Å². The number of guanidine groups is 1. The van der Waals surface area contributed by atoms with Gasteiger partial charge in [0.1, 0.15) is 5.75 Å². The number of para-hydroxylation sites is 1. The van der Waals surface area contributed by atoms with Crippen LogP contribution in [-0.4, -0.2) is 51.6 Å². The van der Waals surface area contributed by atoms with E-state index >= 15 is 0 Å². The maximum absolute atomic E-state index is 6.21. The number of nitrogens with zero attached hydrogens (tertiary/aromatic N) is 1. The lowest BCUT2D eigenvalue weighted by molar-refractivity contribution is 0.0168. The largest absolute Gasteiger partial charge is 0.490 e. The first-order valence-electron chi connectivity index (χ1n) is 10.7. The van der Waals surface area contributed by atoms with Gasteiger partial charge in [-0.15, -0.1) is 0 Å². The van der Waals surface area contributed by atoms with Gasteiger partial charge in [-0.1, -0.05) is 18.2 Å². The molecule has 156 valence electrons. The molecular formula is C22H35N3O3. The second kappa shape index (κ2) is 11.9. The zero-order chi connectivity index (χ0) is 19.4. The van der Waals surface area contributed by atoms with Crippen LogP contribution in [0.3, 0.4) is 0 Å². The molecule has 1 aromatic carbocycles. The molecule has 6 nitrogen and oxygen atoms in total. The van der Waals surface area contributed by atoms with Crippen molar-refractivity contribution in [3.63, 3.8) is 0 Å². The number of aliphatic imine (C=N–C) groups is 1. The second-order valence-corrected chi connectivity index (χ2v) is 7.55. The van der Waals surface area contributed by atoms with E-state index < -0.39 is 0 Å². The van der Waals surface area contributed by atoms with E-state index in [-0.39, 0.29) is 0 Å². The van der Waals surface area contributed by atoms with Crippen molar-refractivity contribution in [3.05, 3.63) is 29.8 Å². The summed E-state index contributed by atoms with van der Waals surface area (Å²) in [6.07, 6.45) is 8.78. The van der Waals surface area contributed by atoms with E-state index in [4.69, 9.17) is 14.2 Å². The fourth-order valence-electron chi connectivity index (χ4n) is 3.72. The van der Waals surface area contributed by atoms with Gasteiger partial charge < -0.3 is 24.8 Å². The molecule has 0 amide bonds. The first-order valence-corrected chi connectivity index (χ1v) is 10.7.